The van der Waals surface area contributed by atoms with Crippen molar-refractivity contribution in [1.82, 2.24) is 4.57 Å². The molecule has 7 nitrogen and oxygen atoms in total. The van der Waals surface area contributed by atoms with Crippen LogP contribution in [0.3, 0.4) is 0 Å². The second-order valence-electron chi connectivity index (χ2n) is 5.33. The van der Waals surface area contributed by atoms with E-state index < -0.39 is 4.92 Å². The third-order valence-corrected chi connectivity index (χ3v) is 3.91. The molecular formula is C17H20N2O5. The van der Waals surface area contributed by atoms with Crippen molar-refractivity contribution in [2.24, 2.45) is 0 Å². The normalized spacial score (nSPS) is 10.5. The molecule has 1 aromatic carbocycles. The predicted octanol–water partition coefficient (Wildman–Crippen LogP) is 3.30. The van der Waals surface area contributed by atoms with Crippen molar-refractivity contribution in [1.29, 1.82) is 0 Å². The van der Waals surface area contributed by atoms with Crippen LogP contribution in [-0.4, -0.2) is 29.0 Å². The van der Waals surface area contributed by atoms with E-state index in [1.165, 1.54) is 25.3 Å². The number of nitro groups is 1. The third kappa shape index (κ3) is 3.40. The number of Topliss-reactive ketones (excluding diaryl/α,β-unsaturated/α-hetero) is 1. The van der Waals surface area contributed by atoms with Gasteiger partial charge in [-0.2, -0.15) is 0 Å². The molecule has 2 aromatic rings. The fourth-order valence-electron chi connectivity index (χ4n) is 2.68. The Hall–Kier alpha value is -2.83. The first-order chi connectivity index (χ1) is 11.4. The maximum atomic E-state index is 12.4. The van der Waals surface area contributed by atoms with Crippen LogP contribution in [-0.2, 0) is 6.54 Å². The number of ketones is 1. The monoisotopic (exact) mass is 332 g/mol. The Morgan fingerprint density at radius 2 is 1.96 bits per heavy atom. The molecular weight excluding hydrogens is 312 g/mol. The Balaban J connectivity index is 2.16. The van der Waals surface area contributed by atoms with Crippen LogP contribution in [0.15, 0.2) is 24.3 Å². The summed E-state index contributed by atoms with van der Waals surface area (Å²) in [5, 5.41) is 10.8. The Bertz CT molecular complexity index is 780. The lowest BCUT2D eigenvalue weighted by atomic mass is 10.1. The van der Waals surface area contributed by atoms with Crippen molar-refractivity contribution < 1.29 is 19.2 Å². The van der Waals surface area contributed by atoms with E-state index in [1.807, 2.05) is 26.8 Å². The standard InChI is InChI=1S/C17H20N2O5/c1-5-18-11(2)8-14(12(18)3)15(20)10-24-16-7-6-13(19(21)22)9-17(16)23-4/h6-9H,5,10H2,1-4H3. The summed E-state index contributed by atoms with van der Waals surface area (Å²) in [7, 11) is 1.39. The van der Waals surface area contributed by atoms with E-state index in [0.29, 0.717) is 11.3 Å². The first-order valence-electron chi connectivity index (χ1n) is 7.54. The maximum absolute atomic E-state index is 12.4. The average Bonchev–Trinajstić information content (AvgIpc) is 2.86. The molecule has 0 saturated heterocycles. The number of ether oxygens (including phenoxy) is 2. The van der Waals surface area contributed by atoms with Crippen molar-refractivity contribution in [2.45, 2.75) is 27.3 Å². The van der Waals surface area contributed by atoms with E-state index in [2.05, 4.69) is 4.57 Å². The first-order valence-corrected chi connectivity index (χ1v) is 7.54. The van der Waals surface area contributed by atoms with Gasteiger partial charge in [0.05, 0.1) is 18.1 Å². The first kappa shape index (κ1) is 17.5. The molecule has 0 aliphatic rings. The zero-order valence-corrected chi connectivity index (χ0v) is 14.2. The van der Waals surface area contributed by atoms with Gasteiger partial charge in [0.1, 0.15) is 0 Å². The van der Waals surface area contributed by atoms with Crippen LogP contribution in [0.5, 0.6) is 11.5 Å². The molecule has 0 N–H and O–H groups in total. The van der Waals surface area contributed by atoms with Gasteiger partial charge >= 0.3 is 0 Å². The number of aromatic nitrogens is 1. The van der Waals surface area contributed by atoms with Gasteiger partial charge in [-0.25, -0.2) is 0 Å². The second-order valence-corrected chi connectivity index (χ2v) is 5.33. The highest BCUT2D eigenvalue weighted by atomic mass is 16.6. The lowest BCUT2D eigenvalue weighted by molar-refractivity contribution is -0.384. The number of nitro benzene ring substituents is 1. The van der Waals surface area contributed by atoms with Gasteiger partial charge in [0.25, 0.3) is 5.69 Å². The maximum Gasteiger partial charge on any atom is 0.273 e. The molecule has 2 rings (SSSR count). The van der Waals surface area contributed by atoms with Gasteiger partial charge in [-0.05, 0) is 32.9 Å². The highest BCUT2D eigenvalue weighted by molar-refractivity contribution is 5.98. The summed E-state index contributed by atoms with van der Waals surface area (Å²) in [6.07, 6.45) is 0. The van der Waals surface area contributed by atoms with Crippen LogP contribution in [0.25, 0.3) is 0 Å². The largest absolute Gasteiger partial charge is 0.493 e. The van der Waals surface area contributed by atoms with Crippen LogP contribution >= 0.6 is 0 Å². The summed E-state index contributed by atoms with van der Waals surface area (Å²) in [5.41, 5.74) is 2.44. The van der Waals surface area contributed by atoms with Crippen LogP contribution in [0, 0.1) is 24.0 Å². The number of methoxy groups -OCH3 is 1. The van der Waals surface area contributed by atoms with E-state index in [9.17, 15) is 14.9 Å². The zero-order chi connectivity index (χ0) is 17.9. The lowest BCUT2D eigenvalue weighted by Crippen LogP contribution is -2.13. The molecule has 0 bridgehead atoms. The molecule has 1 heterocycles. The highest BCUT2D eigenvalue weighted by Gasteiger charge is 2.17. The summed E-state index contributed by atoms with van der Waals surface area (Å²) in [5.74, 6) is 0.361. The summed E-state index contributed by atoms with van der Waals surface area (Å²) >= 11 is 0. The van der Waals surface area contributed by atoms with Gasteiger partial charge in [0.2, 0.25) is 5.78 Å². The van der Waals surface area contributed by atoms with Crippen molar-refractivity contribution in [3.8, 4) is 11.5 Å². The number of aryl methyl sites for hydroxylation is 1. The second kappa shape index (κ2) is 7.16. The number of nitrogens with zero attached hydrogens (tertiary/aromatic N) is 2. The van der Waals surface area contributed by atoms with Gasteiger partial charge in [0.15, 0.2) is 18.1 Å². The van der Waals surface area contributed by atoms with E-state index in [-0.39, 0.29) is 23.8 Å². The Morgan fingerprint density at radius 3 is 2.50 bits per heavy atom. The zero-order valence-electron chi connectivity index (χ0n) is 14.2. The summed E-state index contributed by atoms with van der Waals surface area (Å²) in [4.78, 5) is 22.7. The van der Waals surface area contributed by atoms with Crippen LogP contribution in [0.2, 0.25) is 0 Å². The number of non-ortho nitro benzene ring substituents is 1. The SMILES string of the molecule is CCn1c(C)cc(C(=O)COc2ccc([N+](=O)[O-])cc2OC)c1C. The number of rotatable bonds is 7. The molecule has 128 valence electrons. The van der Waals surface area contributed by atoms with Crippen LogP contribution in [0.4, 0.5) is 5.69 Å². The smallest absolute Gasteiger partial charge is 0.273 e. The van der Waals surface area contributed by atoms with E-state index in [4.69, 9.17) is 9.47 Å². The van der Waals surface area contributed by atoms with Gasteiger partial charge < -0.3 is 14.0 Å². The van der Waals surface area contributed by atoms with Crippen molar-refractivity contribution >= 4 is 11.5 Å². The van der Waals surface area contributed by atoms with E-state index in [0.717, 1.165) is 17.9 Å². The molecule has 0 aliphatic carbocycles. The van der Waals surface area contributed by atoms with Gasteiger partial charge in [-0.15, -0.1) is 0 Å². The summed E-state index contributed by atoms with van der Waals surface area (Å²) < 4.78 is 12.7. The Morgan fingerprint density at radius 1 is 1.25 bits per heavy atom. The minimum absolute atomic E-state index is 0.1000. The van der Waals surface area contributed by atoms with Crippen molar-refractivity contribution in [3.05, 3.63) is 51.3 Å². The topological polar surface area (TPSA) is 83.6 Å². The van der Waals surface area contributed by atoms with Crippen molar-refractivity contribution in [3.63, 3.8) is 0 Å². The quantitative estimate of drug-likeness (QED) is 0.441. The number of hydrogen-bond donors (Lipinski definition) is 0. The van der Waals surface area contributed by atoms with E-state index >= 15 is 0 Å². The minimum atomic E-state index is -0.517. The fraction of sp³-hybridized carbons (Fsp3) is 0.353. The van der Waals surface area contributed by atoms with Gasteiger partial charge in [0, 0.05) is 29.6 Å². The Kier molecular flexibility index (Phi) is 5.23. The molecule has 0 fully saturated rings. The number of carbonyl (C=O) groups is 1. The number of hydrogen-bond acceptors (Lipinski definition) is 5. The van der Waals surface area contributed by atoms with Crippen LogP contribution in [0.1, 0.15) is 28.7 Å². The van der Waals surface area contributed by atoms with E-state index in [1.54, 1.807) is 0 Å². The number of benzene rings is 1. The molecule has 0 amide bonds. The third-order valence-electron chi connectivity index (χ3n) is 3.91. The summed E-state index contributed by atoms with van der Waals surface area (Å²) in [6, 6.07) is 5.85. The van der Waals surface area contributed by atoms with Gasteiger partial charge in [-0.1, -0.05) is 0 Å². The lowest BCUT2D eigenvalue weighted by Gasteiger charge is -2.10. The van der Waals surface area contributed by atoms with Crippen LogP contribution < -0.4 is 9.47 Å². The molecule has 0 spiro atoms. The molecule has 0 atom stereocenters. The molecule has 0 aliphatic heterocycles. The van der Waals surface area contributed by atoms with Gasteiger partial charge in [-0.3, -0.25) is 14.9 Å². The molecule has 1 aromatic heterocycles. The summed E-state index contributed by atoms with van der Waals surface area (Å²) in [6.45, 7) is 6.50. The fourth-order valence-corrected chi connectivity index (χ4v) is 2.68. The highest BCUT2D eigenvalue weighted by Crippen LogP contribution is 2.31. The minimum Gasteiger partial charge on any atom is -0.493 e. The average molecular weight is 332 g/mol. The molecule has 0 unspecified atom stereocenters. The Labute approximate surface area is 140 Å². The predicted molar refractivity (Wildman–Crippen MR) is 89.1 cm³/mol. The van der Waals surface area contributed by atoms with Crippen molar-refractivity contribution in [2.75, 3.05) is 13.7 Å². The molecule has 7 heteroatoms. The molecule has 0 saturated carbocycles. The number of carbonyl (C=O) groups excluding carboxylic acids is 1. The molecule has 0 radical (unpaired) electrons. The molecule has 24 heavy (non-hydrogen) atoms.